The van der Waals surface area contributed by atoms with Crippen LogP contribution in [0.5, 0.6) is 0 Å². The summed E-state index contributed by atoms with van der Waals surface area (Å²) in [6.45, 7) is 7.27. The monoisotopic (exact) mass is 442 g/mol. The van der Waals surface area contributed by atoms with Gasteiger partial charge in [0.25, 0.3) is 5.91 Å². The van der Waals surface area contributed by atoms with E-state index in [-0.39, 0.29) is 18.2 Å². The Hall–Kier alpha value is -2.41. The summed E-state index contributed by atoms with van der Waals surface area (Å²) in [5, 5.41) is 6.28. The molecule has 0 saturated carbocycles. The van der Waals surface area contributed by atoms with Crippen molar-refractivity contribution < 1.29 is 9.59 Å². The van der Waals surface area contributed by atoms with Crippen LogP contribution >= 0.6 is 11.6 Å². The summed E-state index contributed by atoms with van der Waals surface area (Å²) < 4.78 is 0. The zero-order chi connectivity index (χ0) is 21.9. The number of hydrogen-bond acceptors (Lipinski definition) is 4. The highest BCUT2D eigenvalue weighted by Gasteiger charge is 2.16. The van der Waals surface area contributed by atoms with Gasteiger partial charge >= 0.3 is 0 Å². The molecule has 2 aromatic rings. The van der Waals surface area contributed by atoms with Gasteiger partial charge in [-0.25, -0.2) is 0 Å². The van der Waals surface area contributed by atoms with E-state index >= 15 is 0 Å². The minimum atomic E-state index is -0.198. The molecule has 166 valence electrons. The molecule has 0 bridgehead atoms. The van der Waals surface area contributed by atoms with Gasteiger partial charge in [-0.1, -0.05) is 41.9 Å². The standard InChI is InChI=1S/C24H31ClN4O2/c25-22-9-7-21(8-10-22)24(31)27-13-11-23(30)26-12-4-14-28-15-17-29(18-16-28)19-20-5-2-1-3-6-20/h1-3,5-10H,4,11-19H2,(H,26,30)(H,27,31). The van der Waals surface area contributed by atoms with E-state index in [1.54, 1.807) is 24.3 Å². The molecule has 2 amide bonds. The van der Waals surface area contributed by atoms with Gasteiger partial charge < -0.3 is 15.5 Å². The molecule has 31 heavy (non-hydrogen) atoms. The third-order valence-corrected chi connectivity index (χ3v) is 5.68. The fraction of sp³-hybridized carbons (Fsp3) is 0.417. The molecule has 1 aliphatic heterocycles. The maximum atomic E-state index is 12.0. The number of halogens is 1. The van der Waals surface area contributed by atoms with Gasteiger partial charge in [0.1, 0.15) is 0 Å². The Bertz CT molecular complexity index is 821. The van der Waals surface area contributed by atoms with Crippen LogP contribution < -0.4 is 10.6 Å². The van der Waals surface area contributed by atoms with Crippen LogP contribution in [0.25, 0.3) is 0 Å². The fourth-order valence-electron chi connectivity index (χ4n) is 3.62. The van der Waals surface area contributed by atoms with Crippen molar-refractivity contribution >= 4 is 23.4 Å². The molecule has 0 radical (unpaired) electrons. The zero-order valence-electron chi connectivity index (χ0n) is 17.9. The lowest BCUT2D eigenvalue weighted by Crippen LogP contribution is -2.46. The molecule has 0 aliphatic carbocycles. The van der Waals surface area contributed by atoms with E-state index in [1.165, 1.54) is 5.56 Å². The first-order chi connectivity index (χ1) is 15.1. The number of carbonyl (C=O) groups is 2. The van der Waals surface area contributed by atoms with Crippen LogP contribution in [0.3, 0.4) is 0 Å². The molecule has 7 heteroatoms. The van der Waals surface area contributed by atoms with Gasteiger partial charge in [-0.2, -0.15) is 0 Å². The van der Waals surface area contributed by atoms with Crippen LogP contribution in [-0.4, -0.2) is 67.4 Å². The third kappa shape index (κ3) is 8.32. The molecular formula is C24H31ClN4O2. The normalized spacial score (nSPS) is 14.9. The van der Waals surface area contributed by atoms with Crippen molar-refractivity contribution in [1.29, 1.82) is 0 Å². The van der Waals surface area contributed by atoms with E-state index in [9.17, 15) is 9.59 Å². The molecule has 0 aromatic heterocycles. The maximum absolute atomic E-state index is 12.0. The van der Waals surface area contributed by atoms with Gasteiger partial charge in [0.2, 0.25) is 5.91 Å². The Balaban J connectivity index is 1.21. The van der Waals surface area contributed by atoms with Crippen molar-refractivity contribution in [2.75, 3.05) is 45.8 Å². The second kappa shape index (κ2) is 12.4. The van der Waals surface area contributed by atoms with Crippen molar-refractivity contribution in [3.8, 4) is 0 Å². The highest BCUT2D eigenvalue weighted by Crippen LogP contribution is 2.10. The van der Waals surface area contributed by atoms with E-state index in [0.717, 1.165) is 45.7 Å². The second-order valence-corrected chi connectivity index (χ2v) is 8.26. The van der Waals surface area contributed by atoms with E-state index in [1.807, 2.05) is 0 Å². The molecule has 1 aliphatic rings. The van der Waals surface area contributed by atoms with Gasteiger partial charge in [-0.15, -0.1) is 0 Å². The molecule has 2 aromatic carbocycles. The van der Waals surface area contributed by atoms with Crippen LogP contribution in [0.4, 0.5) is 0 Å². The van der Waals surface area contributed by atoms with E-state index < -0.39 is 0 Å². The molecule has 1 fully saturated rings. The molecule has 1 heterocycles. The Morgan fingerprint density at radius 1 is 0.839 bits per heavy atom. The molecule has 0 spiro atoms. The fourth-order valence-corrected chi connectivity index (χ4v) is 3.75. The minimum Gasteiger partial charge on any atom is -0.356 e. The Morgan fingerprint density at radius 2 is 1.52 bits per heavy atom. The summed E-state index contributed by atoms with van der Waals surface area (Å²) in [4.78, 5) is 28.9. The number of piperazine rings is 1. The zero-order valence-corrected chi connectivity index (χ0v) is 18.6. The minimum absolute atomic E-state index is 0.0379. The maximum Gasteiger partial charge on any atom is 0.251 e. The number of carbonyl (C=O) groups excluding carboxylic acids is 2. The lowest BCUT2D eigenvalue weighted by molar-refractivity contribution is -0.120. The average molecular weight is 443 g/mol. The van der Waals surface area contributed by atoms with E-state index in [0.29, 0.717) is 23.7 Å². The van der Waals surface area contributed by atoms with Crippen LogP contribution in [0.15, 0.2) is 54.6 Å². The first-order valence-corrected chi connectivity index (χ1v) is 11.3. The molecular weight excluding hydrogens is 412 g/mol. The highest BCUT2D eigenvalue weighted by atomic mass is 35.5. The third-order valence-electron chi connectivity index (χ3n) is 5.43. The Morgan fingerprint density at radius 3 is 2.23 bits per heavy atom. The van der Waals surface area contributed by atoms with Crippen molar-refractivity contribution in [3.05, 3.63) is 70.7 Å². The summed E-state index contributed by atoms with van der Waals surface area (Å²) in [5.41, 5.74) is 1.90. The summed E-state index contributed by atoms with van der Waals surface area (Å²) in [5.74, 6) is -0.236. The topological polar surface area (TPSA) is 64.7 Å². The quantitative estimate of drug-likeness (QED) is 0.555. The van der Waals surface area contributed by atoms with Crippen molar-refractivity contribution in [2.45, 2.75) is 19.4 Å². The second-order valence-electron chi connectivity index (χ2n) is 7.82. The largest absolute Gasteiger partial charge is 0.356 e. The van der Waals surface area contributed by atoms with Gasteiger partial charge in [-0.3, -0.25) is 14.5 Å². The SMILES string of the molecule is O=C(CCNC(=O)c1ccc(Cl)cc1)NCCCN1CCN(Cc2ccccc2)CC1. The smallest absolute Gasteiger partial charge is 0.251 e. The van der Waals surface area contributed by atoms with Gasteiger partial charge in [0.15, 0.2) is 0 Å². The first-order valence-electron chi connectivity index (χ1n) is 10.9. The van der Waals surface area contributed by atoms with Crippen LogP contribution in [0.2, 0.25) is 5.02 Å². The number of nitrogens with zero attached hydrogens (tertiary/aromatic N) is 2. The molecule has 2 N–H and O–H groups in total. The number of nitrogens with one attached hydrogen (secondary N) is 2. The summed E-state index contributed by atoms with van der Waals surface area (Å²) >= 11 is 5.82. The van der Waals surface area contributed by atoms with Crippen molar-refractivity contribution in [2.24, 2.45) is 0 Å². The Kier molecular flexibility index (Phi) is 9.34. The predicted octanol–water partition coefficient (Wildman–Crippen LogP) is 2.78. The summed E-state index contributed by atoms with van der Waals surface area (Å²) in [7, 11) is 0. The van der Waals surface area contributed by atoms with Crippen LogP contribution in [0.1, 0.15) is 28.8 Å². The van der Waals surface area contributed by atoms with Crippen LogP contribution in [-0.2, 0) is 11.3 Å². The molecule has 0 atom stereocenters. The lowest BCUT2D eigenvalue weighted by atomic mass is 10.2. The highest BCUT2D eigenvalue weighted by molar-refractivity contribution is 6.30. The number of rotatable bonds is 10. The average Bonchev–Trinajstić information content (AvgIpc) is 2.79. The molecule has 1 saturated heterocycles. The van der Waals surface area contributed by atoms with E-state index in [2.05, 4.69) is 50.8 Å². The molecule has 3 rings (SSSR count). The molecule has 6 nitrogen and oxygen atoms in total. The van der Waals surface area contributed by atoms with Crippen LogP contribution in [0, 0.1) is 0 Å². The van der Waals surface area contributed by atoms with Gasteiger partial charge in [0, 0.05) is 62.8 Å². The predicted molar refractivity (Wildman–Crippen MR) is 124 cm³/mol. The van der Waals surface area contributed by atoms with Crippen molar-refractivity contribution in [3.63, 3.8) is 0 Å². The Labute approximate surface area is 189 Å². The van der Waals surface area contributed by atoms with Gasteiger partial charge in [0.05, 0.1) is 0 Å². The first kappa shape index (κ1) is 23.3. The lowest BCUT2D eigenvalue weighted by Gasteiger charge is -2.34. The van der Waals surface area contributed by atoms with Crippen molar-refractivity contribution in [1.82, 2.24) is 20.4 Å². The van der Waals surface area contributed by atoms with Gasteiger partial charge in [-0.05, 0) is 42.8 Å². The van der Waals surface area contributed by atoms with E-state index in [4.69, 9.17) is 11.6 Å². The number of benzene rings is 2. The molecule has 0 unspecified atom stereocenters. The summed E-state index contributed by atoms with van der Waals surface area (Å²) in [6.07, 6.45) is 1.21. The number of hydrogen-bond donors (Lipinski definition) is 2. The number of amides is 2. The summed E-state index contributed by atoms with van der Waals surface area (Å²) in [6, 6.07) is 17.3.